The number of nitrogens with zero attached hydrogens (tertiary/aromatic N) is 3. The Morgan fingerprint density at radius 3 is 1.92 bits per heavy atom. The van der Waals surface area contributed by atoms with Crippen molar-refractivity contribution in [2.45, 2.75) is 0 Å². The molecule has 3 heterocycles. The van der Waals surface area contributed by atoms with Gasteiger partial charge in [-0.15, -0.1) is 0 Å². The SMILES string of the molecule is [2H]c1c([2H])c([2H])c(-c2cccc3oc4cc(-n5c6ccc(-c7ccc8c(c7)c7ccccc7n8-c7ccccc7)cc6c6ccc(C#N)cc65)ccc4c23)c([2H])c1[2H]. The summed E-state index contributed by atoms with van der Waals surface area (Å²) in [5.74, 6) is 0. The highest BCUT2D eigenvalue weighted by molar-refractivity contribution is 6.15. The Kier molecular flexibility index (Phi) is 5.29. The van der Waals surface area contributed by atoms with E-state index in [0.717, 1.165) is 60.7 Å². The molecule has 0 atom stereocenters. The van der Waals surface area contributed by atoms with E-state index in [2.05, 4.69) is 100 Å². The van der Waals surface area contributed by atoms with Gasteiger partial charge in [-0.2, -0.15) is 5.26 Å². The van der Waals surface area contributed by atoms with E-state index in [9.17, 15) is 5.26 Å². The van der Waals surface area contributed by atoms with Crippen LogP contribution in [0.1, 0.15) is 12.4 Å². The maximum atomic E-state index is 9.96. The zero-order chi connectivity index (χ0) is 39.4. The molecule has 4 heteroatoms. The third-order valence-corrected chi connectivity index (χ3v) is 10.4. The van der Waals surface area contributed by atoms with Crippen LogP contribution in [0.4, 0.5) is 0 Å². The summed E-state index contributed by atoms with van der Waals surface area (Å²) in [4.78, 5) is 0. The molecule has 3 aromatic heterocycles. The zero-order valence-electron chi connectivity index (χ0n) is 33.1. The summed E-state index contributed by atoms with van der Waals surface area (Å²) in [6, 6.07) is 49.8. The van der Waals surface area contributed by atoms with Gasteiger partial charge in [0.1, 0.15) is 11.2 Å². The van der Waals surface area contributed by atoms with E-state index in [1.165, 1.54) is 10.8 Å². The highest BCUT2D eigenvalue weighted by atomic mass is 16.3. The number of aromatic nitrogens is 2. The van der Waals surface area contributed by atoms with Crippen molar-refractivity contribution in [2.75, 3.05) is 0 Å². The number of hydrogen-bond donors (Lipinski definition) is 0. The van der Waals surface area contributed by atoms with E-state index in [4.69, 9.17) is 11.3 Å². The van der Waals surface area contributed by atoms with Crippen LogP contribution in [-0.4, -0.2) is 9.13 Å². The summed E-state index contributed by atoms with van der Waals surface area (Å²) in [5, 5.41) is 15.8. The topological polar surface area (TPSA) is 46.8 Å². The lowest BCUT2D eigenvalue weighted by molar-refractivity contribution is 0.668. The first-order valence-electron chi connectivity index (χ1n) is 19.9. The second kappa shape index (κ2) is 11.3. The maximum Gasteiger partial charge on any atom is 0.137 e. The first-order valence-corrected chi connectivity index (χ1v) is 17.4. The van der Waals surface area contributed by atoms with E-state index in [1.807, 2.05) is 48.5 Å². The first-order chi connectivity index (χ1) is 28.3. The normalized spacial score (nSPS) is 13.1. The molecule has 4 nitrogen and oxygen atoms in total. The number of hydrogen-bond acceptors (Lipinski definition) is 2. The Morgan fingerprint density at radius 2 is 1.15 bits per heavy atom. The van der Waals surface area contributed by atoms with Crippen molar-refractivity contribution in [1.82, 2.24) is 9.13 Å². The predicted molar refractivity (Wildman–Crippen MR) is 218 cm³/mol. The van der Waals surface area contributed by atoms with Crippen molar-refractivity contribution in [3.8, 4) is 39.7 Å². The van der Waals surface area contributed by atoms with E-state index in [-0.39, 0.29) is 29.7 Å². The van der Waals surface area contributed by atoms with Gasteiger partial charge in [0.2, 0.25) is 0 Å². The van der Waals surface area contributed by atoms with Crippen LogP contribution < -0.4 is 0 Å². The third-order valence-electron chi connectivity index (χ3n) is 10.4. The summed E-state index contributed by atoms with van der Waals surface area (Å²) in [5.41, 5.74) is 10.5. The molecule has 0 amide bonds. The lowest BCUT2D eigenvalue weighted by atomic mass is 9.99. The van der Waals surface area contributed by atoms with Gasteiger partial charge >= 0.3 is 0 Å². The Hall–Kier alpha value is -7.35. The van der Waals surface area contributed by atoms with Crippen LogP contribution in [0.15, 0.2) is 180 Å². The predicted octanol–water partition coefficient (Wildman–Crippen LogP) is 13.0. The molecular formula is C49H29N3O. The highest BCUT2D eigenvalue weighted by Gasteiger charge is 2.18. The van der Waals surface area contributed by atoms with Gasteiger partial charge in [0, 0.05) is 49.8 Å². The summed E-state index contributed by atoms with van der Waals surface area (Å²) >= 11 is 0. The fourth-order valence-corrected chi connectivity index (χ4v) is 8.10. The van der Waals surface area contributed by atoms with Gasteiger partial charge in [0.15, 0.2) is 0 Å². The number of para-hydroxylation sites is 2. The largest absolute Gasteiger partial charge is 0.456 e. The van der Waals surface area contributed by atoms with Gasteiger partial charge < -0.3 is 13.6 Å². The number of rotatable bonds is 4. The van der Waals surface area contributed by atoms with Gasteiger partial charge in [0.25, 0.3) is 0 Å². The molecule has 0 saturated heterocycles. The second-order valence-electron chi connectivity index (χ2n) is 13.3. The van der Waals surface area contributed by atoms with Gasteiger partial charge in [-0.3, -0.25) is 0 Å². The summed E-state index contributed by atoms with van der Waals surface area (Å²) in [6.45, 7) is 0. The molecule has 0 aliphatic carbocycles. The molecular weight excluding hydrogens is 647 g/mol. The van der Waals surface area contributed by atoms with Crippen LogP contribution in [0.2, 0.25) is 0 Å². The van der Waals surface area contributed by atoms with Crippen LogP contribution in [-0.2, 0) is 0 Å². The summed E-state index contributed by atoms with van der Waals surface area (Å²) in [7, 11) is 0. The average molecular weight is 681 g/mol. The van der Waals surface area contributed by atoms with E-state index in [1.54, 1.807) is 12.1 Å². The molecule has 0 saturated carbocycles. The molecule has 0 fully saturated rings. The fourth-order valence-electron chi connectivity index (χ4n) is 8.10. The van der Waals surface area contributed by atoms with Crippen molar-refractivity contribution < 1.29 is 11.3 Å². The van der Waals surface area contributed by atoms with Crippen molar-refractivity contribution in [3.63, 3.8) is 0 Å². The van der Waals surface area contributed by atoms with Crippen LogP contribution in [0.3, 0.4) is 0 Å². The number of fused-ring (bicyclic) bond motifs is 9. The molecule has 0 unspecified atom stereocenters. The zero-order valence-corrected chi connectivity index (χ0v) is 28.1. The van der Waals surface area contributed by atoms with E-state index in [0.29, 0.717) is 27.7 Å². The smallest absolute Gasteiger partial charge is 0.137 e. The molecule has 53 heavy (non-hydrogen) atoms. The Morgan fingerprint density at radius 1 is 0.472 bits per heavy atom. The monoisotopic (exact) mass is 680 g/mol. The molecule has 0 N–H and O–H groups in total. The molecule has 0 spiro atoms. The number of furan rings is 1. The fraction of sp³-hybridized carbons (Fsp3) is 0. The number of benzene rings is 8. The maximum absolute atomic E-state index is 9.96. The van der Waals surface area contributed by atoms with Crippen LogP contribution in [0.25, 0.3) is 99.2 Å². The highest BCUT2D eigenvalue weighted by Crippen LogP contribution is 2.41. The average Bonchev–Trinajstić information content (AvgIpc) is 3.92. The van der Waals surface area contributed by atoms with Crippen molar-refractivity contribution in [3.05, 3.63) is 181 Å². The minimum Gasteiger partial charge on any atom is -0.456 e. The molecule has 0 bridgehead atoms. The molecule has 11 rings (SSSR count). The molecule has 0 aliphatic heterocycles. The molecule has 11 aromatic rings. The van der Waals surface area contributed by atoms with Gasteiger partial charge in [0.05, 0.1) is 40.6 Å². The van der Waals surface area contributed by atoms with Crippen molar-refractivity contribution in [2.24, 2.45) is 0 Å². The molecule has 246 valence electrons. The minimum absolute atomic E-state index is 0.131. The van der Waals surface area contributed by atoms with Gasteiger partial charge in [-0.25, -0.2) is 0 Å². The van der Waals surface area contributed by atoms with Crippen LogP contribution >= 0.6 is 0 Å². The van der Waals surface area contributed by atoms with Crippen molar-refractivity contribution >= 4 is 65.6 Å². The van der Waals surface area contributed by atoms with E-state index < -0.39 is 6.04 Å². The standard InChI is InChI=1S/C49H29N3O/c50-30-31-18-22-39-42-28-34(33-19-24-44-41(27-33)38-14-7-8-16-43(38)51(44)35-12-5-2-6-13-35)20-25-45(42)52(46(39)26-31)36-21-23-40-48(29-36)53-47-17-9-15-37(49(40)47)32-10-3-1-4-11-32/h1-29H/i1D,3D,4D,10D,11D. The lowest BCUT2D eigenvalue weighted by Gasteiger charge is -2.09. The quantitative estimate of drug-likeness (QED) is 0.186. The molecule has 0 radical (unpaired) electrons. The van der Waals surface area contributed by atoms with Crippen LogP contribution in [0.5, 0.6) is 0 Å². The lowest BCUT2D eigenvalue weighted by Crippen LogP contribution is -1.94. The number of nitriles is 1. The second-order valence-corrected chi connectivity index (χ2v) is 13.3. The van der Waals surface area contributed by atoms with Crippen LogP contribution in [0, 0.1) is 11.3 Å². The Balaban J connectivity index is 1.09. The third kappa shape index (κ3) is 4.41. The van der Waals surface area contributed by atoms with Gasteiger partial charge in [-0.1, -0.05) is 96.9 Å². The van der Waals surface area contributed by atoms with E-state index >= 15 is 0 Å². The summed E-state index contributed by atoms with van der Waals surface area (Å²) in [6.07, 6.45) is 0. The van der Waals surface area contributed by atoms with Crippen molar-refractivity contribution in [1.29, 1.82) is 5.26 Å². The minimum atomic E-state index is -0.432. The summed E-state index contributed by atoms with van der Waals surface area (Å²) < 4.78 is 52.9. The Labute approximate surface area is 311 Å². The first kappa shape index (κ1) is 24.7. The Bertz CT molecular complexity index is 3560. The van der Waals surface area contributed by atoms with Gasteiger partial charge in [-0.05, 0) is 95.1 Å². The molecule has 8 aromatic carbocycles. The molecule has 0 aliphatic rings.